The third-order valence-electron chi connectivity index (χ3n) is 1.94. The zero-order valence-electron chi connectivity index (χ0n) is 9.64. The molecular formula is C12H25N. The molecule has 0 aromatic rings. The van der Waals surface area contributed by atoms with E-state index in [-0.39, 0.29) is 0 Å². The predicted octanol–water partition coefficient (Wildman–Crippen LogP) is 3.37. The van der Waals surface area contributed by atoms with Crippen molar-refractivity contribution < 1.29 is 0 Å². The van der Waals surface area contributed by atoms with Crippen molar-refractivity contribution in [1.82, 2.24) is 5.32 Å². The van der Waals surface area contributed by atoms with Gasteiger partial charge in [0.2, 0.25) is 0 Å². The SMILES string of the molecule is CC(C)CCC=CCCNC(C)C. The van der Waals surface area contributed by atoms with E-state index in [1.54, 1.807) is 0 Å². The van der Waals surface area contributed by atoms with Crippen LogP contribution in [-0.2, 0) is 0 Å². The van der Waals surface area contributed by atoms with Crippen molar-refractivity contribution >= 4 is 0 Å². The Hall–Kier alpha value is -0.300. The Balaban J connectivity index is 3.13. The molecule has 0 amide bonds. The molecule has 0 aliphatic heterocycles. The first kappa shape index (κ1) is 12.7. The molecule has 0 aliphatic carbocycles. The molecule has 0 atom stereocenters. The molecule has 0 aromatic carbocycles. The Bertz CT molecular complexity index is 125. The predicted molar refractivity (Wildman–Crippen MR) is 61.0 cm³/mol. The summed E-state index contributed by atoms with van der Waals surface area (Å²) in [5, 5.41) is 3.39. The zero-order chi connectivity index (χ0) is 10.1. The normalized spacial score (nSPS) is 12.2. The van der Waals surface area contributed by atoms with Gasteiger partial charge in [-0.15, -0.1) is 0 Å². The van der Waals surface area contributed by atoms with Crippen LogP contribution in [0.1, 0.15) is 47.0 Å². The van der Waals surface area contributed by atoms with Gasteiger partial charge in [0.1, 0.15) is 0 Å². The van der Waals surface area contributed by atoms with Crippen molar-refractivity contribution in [3.05, 3.63) is 12.2 Å². The summed E-state index contributed by atoms with van der Waals surface area (Å²) in [7, 11) is 0. The smallest absolute Gasteiger partial charge is 0.00105 e. The average molecular weight is 183 g/mol. The standard InChI is InChI=1S/C12H25N/c1-11(2)9-7-5-6-8-10-13-12(3)4/h5-6,11-13H,7-10H2,1-4H3. The van der Waals surface area contributed by atoms with Gasteiger partial charge in [0.05, 0.1) is 0 Å². The molecule has 0 rings (SSSR count). The van der Waals surface area contributed by atoms with Crippen molar-refractivity contribution in [2.24, 2.45) is 5.92 Å². The minimum atomic E-state index is 0.615. The molecule has 13 heavy (non-hydrogen) atoms. The highest BCUT2D eigenvalue weighted by molar-refractivity contribution is 4.82. The van der Waals surface area contributed by atoms with E-state index in [0.29, 0.717) is 6.04 Å². The lowest BCUT2D eigenvalue weighted by molar-refractivity contribution is 0.587. The van der Waals surface area contributed by atoms with Gasteiger partial charge >= 0.3 is 0 Å². The first-order valence-corrected chi connectivity index (χ1v) is 5.51. The molecule has 0 radical (unpaired) electrons. The number of hydrogen-bond donors (Lipinski definition) is 1. The van der Waals surface area contributed by atoms with Crippen LogP contribution in [0.3, 0.4) is 0 Å². The Morgan fingerprint density at radius 2 is 1.62 bits per heavy atom. The molecule has 0 saturated carbocycles. The Labute approximate surface area is 83.6 Å². The van der Waals surface area contributed by atoms with Crippen molar-refractivity contribution in [2.75, 3.05) is 6.54 Å². The summed E-state index contributed by atoms with van der Waals surface area (Å²) < 4.78 is 0. The molecule has 0 saturated heterocycles. The van der Waals surface area contributed by atoms with Crippen LogP contribution in [0, 0.1) is 5.92 Å². The van der Waals surface area contributed by atoms with Crippen LogP contribution in [0.4, 0.5) is 0 Å². The van der Waals surface area contributed by atoms with E-state index in [1.807, 2.05) is 0 Å². The fourth-order valence-electron chi connectivity index (χ4n) is 1.12. The molecule has 0 bridgehead atoms. The molecule has 0 aliphatic rings. The number of nitrogens with one attached hydrogen (secondary N) is 1. The largest absolute Gasteiger partial charge is 0.314 e. The average Bonchev–Trinajstić information content (AvgIpc) is 2.01. The summed E-state index contributed by atoms with van der Waals surface area (Å²) in [5.74, 6) is 0.832. The van der Waals surface area contributed by atoms with Gasteiger partial charge in [0.25, 0.3) is 0 Å². The second-order valence-electron chi connectivity index (χ2n) is 4.34. The summed E-state index contributed by atoms with van der Waals surface area (Å²) in [4.78, 5) is 0. The van der Waals surface area contributed by atoms with Gasteiger partial charge < -0.3 is 5.32 Å². The maximum absolute atomic E-state index is 3.39. The van der Waals surface area contributed by atoms with Gasteiger partial charge in [0.15, 0.2) is 0 Å². The van der Waals surface area contributed by atoms with Crippen molar-refractivity contribution in [2.45, 2.75) is 53.0 Å². The molecular weight excluding hydrogens is 158 g/mol. The lowest BCUT2D eigenvalue weighted by Gasteiger charge is -2.04. The quantitative estimate of drug-likeness (QED) is 0.471. The van der Waals surface area contributed by atoms with Crippen LogP contribution in [0.25, 0.3) is 0 Å². The summed E-state index contributed by atoms with van der Waals surface area (Å²) in [6, 6.07) is 0.615. The van der Waals surface area contributed by atoms with Gasteiger partial charge in [-0.3, -0.25) is 0 Å². The van der Waals surface area contributed by atoms with Crippen molar-refractivity contribution in [1.29, 1.82) is 0 Å². The van der Waals surface area contributed by atoms with Crippen LogP contribution in [0.15, 0.2) is 12.2 Å². The maximum atomic E-state index is 3.39. The molecule has 0 unspecified atom stereocenters. The monoisotopic (exact) mass is 183 g/mol. The highest BCUT2D eigenvalue weighted by Gasteiger charge is 1.90. The number of allylic oxidation sites excluding steroid dienone is 1. The molecule has 0 fully saturated rings. The van der Waals surface area contributed by atoms with Crippen LogP contribution in [0.2, 0.25) is 0 Å². The second kappa shape index (κ2) is 8.31. The highest BCUT2D eigenvalue weighted by atomic mass is 14.9. The Morgan fingerprint density at radius 1 is 1.00 bits per heavy atom. The molecule has 1 N–H and O–H groups in total. The highest BCUT2D eigenvalue weighted by Crippen LogP contribution is 2.03. The van der Waals surface area contributed by atoms with Crippen LogP contribution in [0.5, 0.6) is 0 Å². The first-order chi connectivity index (χ1) is 6.13. The molecule has 78 valence electrons. The van der Waals surface area contributed by atoms with Crippen LogP contribution in [-0.4, -0.2) is 12.6 Å². The fraction of sp³-hybridized carbons (Fsp3) is 0.833. The Morgan fingerprint density at radius 3 is 2.15 bits per heavy atom. The molecule has 1 heteroatoms. The van der Waals surface area contributed by atoms with E-state index in [1.165, 1.54) is 12.8 Å². The third-order valence-corrected chi connectivity index (χ3v) is 1.94. The summed E-state index contributed by atoms with van der Waals surface area (Å²) >= 11 is 0. The number of rotatable bonds is 7. The Kier molecular flexibility index (Phi) is 8.11. The van der Waals surface area contributed by atoms with Gasteiger partial charge in [-0.25, -0.2) is 0 Å². The van der Waals surface area contributed by atoms with E-state index in [2.05, 4.69) is 45.2 Å². The topological polar surface area (TPSA) is 12.0 Å². The second-order valence-corrected chi connectivity index (χ2v) is 4.34. The lowest BCUT2D eigenvalue weighted by Crippen LogP contribution is -2.23. The van der Waals surface area contributed by atoms with Crippen molar-refractivity contribution in [3.8, 4) is 0 Å². The fourth-order valence-corrected chi connectivity index (χ4v) is 1.12. The van der Waals surface area contributed by atoms with E-state index in [4.69, 9.17) is 0 Å². The zero-order valence-corrected chi connectivity index (χ0v) is 9.64. The third kappa shape index (κ3) is 11.7. The molecule has 0 aromatic heterocycles. The summed E-state index contributed by atoms with van der Waals surface area (Å²) in [6.07, 6.45) is 8.31. The van der Waals surface area contributed by atoms with E-state index in [9.17, 15) is 0 Å². The molecule has 0 spiro atoms. The van der Waals surface area contributed by atoms with Gasteiger partial charge in [-0.05, 0) is 31.7 Å². The minimum Gasteiger partial charge on any atom is -0.314 e. The first-order valence-electron chi connectivity index (χ1n) is 5.51. The van der Waals surface area contributed by atoms with E-state index >= 15 is 0 Å². The van der Waals surface area contributed by atoms with E-state index in [0.717, 1.165) is 18.9 Å². The van der Waals surface area contributed by atoms with Crippen molar-refractivity contribution in [3.63, 3.8) is 0 Å². The lowest BCUT2D eigenvalue weighted by atomic mass is 10.1. The summed E-state index contributed by atoms with van der Waals surface area (Å²) in [6.45, 7) is 10.0. The summed E-state index contributed by atoms with van der Waals surface area (Å²) in [5.41, 5.74) is 0. The van der Waals surface area contributed by atoms with Crippen LogP contribution >= 0.6 is 0 Å². The maximum Gasteiger partial charge on any atom is 0.00105 e. The minimum absolute atomic E-state index is 0.615. The van der Waals surface area contributed by atoms with Gasteiger partial charge in [-0.2, -0.15) is 0 Å². The van der Waals surface area contributed by atoms with Gasteiger partial charge in [-0.1, -0.05) is 39.8 Å². The molecule has 0 heterocycles. The van der Waals surface area contributed by atoms with Crippen LogP contribution < -0.4 is 5.32 Å². The van der Waals surface area contributed by atoms with Gasteiger partial charge in [0, 0.05) is 6.04 Å². The molecule has 1 nitrogen and oxygen atoms in total. The number of hydrogen-bond acceptors (Lipinski definition) is 1. The van der Waals surface area contributed by atoms with E-state index < -0.39 is 0 Å².